The summed E-state index contributed by atoms with van der Waals surface area (Å²) >= 11 is 11.9. The van der Waals surface area contributed by atoms with Gasteiger partial charge in [-0.2, -0.15) is 5.10 Å². The summed E-state index contributed by atoms with van der Waals surface area (Å²) in [5.41, 5.74) is 5.14. The van der Waals surface area contributed by atoms with Crippen LogP contribution in [-0.2, 0) is 14.4 Å². The van der Waals surface area contributed by atoms with Crippen molar-refractivity contribution in [1.82, 2.24) is 5.43 Å². The van der Waals surface area contributed by atoms with Crippen LogP contribution in [-0.4, -0.2) is 23.4 Å². The molecule has 0 bridgehead atoms. The number of hydrogen-bond donors (Lipinski definition) is 3. The van der Waals surface area contributed by atoms with Gasteiger partial charge in [0.25, 0.3) is 0 Å². The van der Waals surface area contributed by atoms with Gasteiger partial charge in [0.2, 0.25) is 5.91 Å². The number of carbonyl (C=O) groups excluding carboxylic acids is 3. The number of hydrazone groups is 1. The highest BCUT2D eigenvalue weighted by Crippen LogP contribution is 2.20. The Labute approximate surface area is 178 Å². The molecule has 0 aromatic heterocycles. The third-order valence-corrected chi connectivity index (χ3v) is 4.51. The molecule has 0 saturated heterocycles. The topological polar surface area (TPSA) is 99.7 Å². The van der Waals surface area contributed by atoms with Crippen LogP contribution in [0.3, 0.4) is 0 Å². The molecule has 0 spiro atoms. The second-order valence-corrected chi connectivity index (χ2v) is 7.23. The summed E-state index contributed by atoms with van der Waals surface area (Å²) in [4.78, 5) is 35.9. The van der Waals surface area contributed by atoms with Crippen LogP contribution in [0.2, 0.25) is 10.0 Å². The van der Waals surface area contributed by atoms with Gasteiger partial charge in [-0.15, -0.1) is 0 Å². The van der Waals surface area contributed by atoms with Gasteiger partial charge >= 0.3 is 11.8 Å². The number of nitrogens with zero attached hydrogens (tertiary/aromatic N) is 1. The van der Waals surface area contributed by atoms with Crippen molar-refractivity contribution in [2.45, 2.75) is 27.2 Å². The predicted molar refractivity (Wildman–Crippen MR) is 116 cm³/mol. The Morgan fingerprint density at radius 2 is 1.66 bits per heavy atom. The van der Waals surface area contributed by atoms with Crippen LogP contribution < -0.4 is 16.1 Å². The van der Waals surface area contributed by atoms with E-state index in [0.717, 1.165) is 11.1 Å². The molecule has 0 radical (unpaired) electrons. The highest BCUT2D eigenvalue weighted by atomic mass is 35.5. The van der Waals surface area contributed by atoms with E-state index in [0.29, 0.717) is 27.1 Å². The van der Waals surface area contributed by atoms with Crippen LogP contribution in [0.1, 0.15) is 24.5 Å². The van der Waals surface area contributed by atoms with E-state index in [4.69, 9.17) is 23.2 Å². The molecule has 2 aromatic carbocycles. The maximum Gasteiger partial charge on any atom is 0.329 e. The Hall–Kier alpha value is -2.90. The van der Waals surface area contributed by atoms with Crippen molar-refractivity contribution in [3.63, 3.8) is 0 Å². The van der Waals surface area contributed by atoms with E-state index in [1.54, 1.807) is 43.3 Å². The van der Waals surface area contributed by atoms with E-state index in [-0.39, 0.29) is 12.3 Å². The molecule has 0 aliphatic carbocycles. The molecule has 29 heavy (non-hydrogen) atoms. The Bertz CT molecular complexity index is 990. The summed E-state index contributed by atoms with van der Waals surface area (Å²) in [5, 5.41) is 9.99. The zero-order valence-corrected chi connectivity index (χ0v) is 17.6. The molecule has 0 aliphatic heterocycles. The highest BCUT2D eigenvalue weighted by Gasteiger charge is 2.14. The molecular weight excluding hydrogens is 415 g/mol. The molecule has 0 saturated carbocycles. The Morgan fingerprint density at radius 1 is 0.931 bits per heavy atom. The van der Waals surface area contributed by atoms with Crippen LogP contribution in [0, 0.1) is 13.8 Å². The number of anilines is 2. The Kier molecular flexibility index (Phi) is 7.75. The fourth-order valence-corrected chi connectivity index (χ4v) is 2.70. The zero-order valence-electron chi connectivity index (χ0n) is 16.1. The van der Waals surface area contributed by atoms with Crippen molar-refractivity contribution < 1.29 is 14.4 Å². The monoisotopic (exact) mass is 434 g/mol. The second kappa shape index (κ2) is 10.0. The van der Waals surface area contributed by atoms with Gasteiger partial charge in [0.05, 0.1) is 6.42 Å². The lowest BCUT2D eigenvalue weighted by molar-refractivity contribution is -0.136. The minimum absolute atomic E-state index is 0.0580. The van der Waals surface area contributed by atoms with Gasteiger partial charge in [-0.3, -0.25) is 14.4 Å². The minimum atomic E-state index is -0.963. The molecular formula is C20H20Cl2N4O3. The fraction of sp³-hybridized carbons (Fsp3) is 0.200. The van der Waals surface area contributed by atoms with Crippen molar-refractivity contribution in [3.8, 4) is 0 Å². The van der Waals surface area contributed by atoms with Gasteiger partial charge in [-0.25, -0.2) is 5.43 Å². The van der Waals surface area contributed by atoms with E-state index in [2.05, 4.69) is 21.2 Å². The molecule has 3 N–H and O–H groups in total. The van der Waals surface area contributed by atoms with Crippen LogP contribution >= 0.6 is 23.2 Å². The molecule has 9 heteroatoms. The summed E-state index contributed by atoms with van der Waals surface area (Å²) in [7, 11) is 0. The number of benzene rings is 2. The molecule has 0 heterocycles. The number of amides is 3. The molecule has 2 aromatic rings. The van der Waals surface area contributed by atoms with Gasteiger partial charge < -0.3 is 10.6 Å². The number of hydrogen-bond acceptors (Lipinski definition) is 4. The summed E-state index contributed by atoms with van der Waals surface area (Å²) in [5.74, 6) is -2.18. The predicted octanol–water partition coefficient (Wildman–Crippen LogP) is 4.07. The van der Waals surface area contributed by atoms with Crippen LogP contribution in [0.5, 0.6) is 0 Å². The van der Waals surface area contributed by atoms with Gasteiger partial charge in [-0.1, -0.05) is 29.3 Å². The average Bonchev–Trinajstić information content (AvgIpc) is 2.65. The number of rotatable bonds is 5. The number of nitrogens with one attached hydrogen (secondary N) is 3. The first-order valence-electron chi connectivity index (χ1n) is 8.62. The van der Waals surface area contributed by atoms with Crippen molar-refractivity contribution in [3.05, 3.63) is 57.6 Å². The van der Waals surface area contributed by atoms with E-state index >= 15 is 0 Å². The average molecular weight is 435 g/mol. The lowest BCUT2D eigenvalue weighted by atomic mass is 10.2. The van der Waals surface area contributed by atoms with Crippen molar-refractivity contribution >= 4 is 58.0 Å². The second-order valence-electron chi connectivity index (χ2n) is 6.39. The lowest BCUT2D eigenvalue weighted by Gasteiger charge is -2.09. The first-order chi connectivity index (χ1) is 13.7. The van der Waals surface area contributed by atoms with Crippen LogP contribution in [0.15, 0.2) is 41.5 Å². The molecule has 3 amide bonds. The van der Waals surface area contributed by atoms with Crippen molar-refractivity contribution in [2.24, 2.45) is 5.10 Å². The highest BCUT2D eigenvalue weighted by molar-refractivity contribution is 6.40. The zero-order chi connectivity index (χ0) is 21.6. The quantitative estimate of drug-likeness (QED) is 0.375. The maximum absolute atomic E-state index is 12.1. The smallest absolute Gasteiger partial charge is 0.326 e. The normalized spacial score (nSPS) is 11.0. The van der Waals surface area contributed by atoms with Crippen molar-refractivity contribution in [2.75, 3.05) is 10.6 Å². The van der Waals surface area contributed by atoms with Crippen molar-refractivity contribution in [1.29, 1.82) is 0 Å². The number of carbonyl (C=O) groups is 3. The lowest BCUT2D eigenvalue weighted by Crippen LogP contribution is -2.33. The molecule has 2 rings (SSSR count). The van der Waals surface area contributed by atoms with Gasteiger partial charge in [0.15, 0.2) is 0 Å². The molecule has 0 aliphatic rings. The van der Waals surface area contributed by atoms with E-state index in [1.165, 1.54) is 0 Å². The molecule has 0 atom stereocenters. The van der Waals surface area contributed by atoms with E-state index in [9.17, 15) is 14.4 Å². The van der Waals surface area contributed by atoms with E-state index < -0.39 is 11.8 Å². The van der Waals surface area contributed by atoms with Crippen LogP contribution in [0.4, 0.5) is 11.4 Å². The standard InChI is InChI=1S/C20H20Cl2N4O3/c1-11-4-6-15(10-16(11)22)23-19(28)20(29)26-25-13(3)9-18(27)24-17-7-5-14(21)8-12(17)2/h4-8,10H,9H2,1-3H3,(H,23,28)(H,24,27)(H,26,29)/b25-13+. The SMILES string of the molecule is C/C(CC(=O)Nc1ccc(Cl)cc1C)=N\NC(=O)C(=O)Nc1ccc(C)c(Cl)c1. The largest absolute Gasteiger partial charge is 0.329 e. The summed E-state index contributed by atoms with van der Waals surface area (Å²) in [6, 6.07) is 10.00. The maximum atomic E-state index is 12.1. The molecule has 152 valence electrons. The third kappa shape index (κ3) is 6.89. The third-order valence-electron chi connectivity index (χ3n) is 3.86. The van der Waals surface area contributed by atoms with Gasteiger partial charge in [0.1, 0.15) is 0 Å². The first-order valence-corrected chi connectivity index (χ1v) is 9.38. The minimum Gasteiger partial charge on any atom is -0.326 e. The summed E-state index contributed by atoms with van der Waals surface area (Å²) in [6.07, 6.45) is -0.0580. The fourth-order valence-electron chi connectivity index (χ4n) is 2.29. The Morgan fingerprint density at radius 3 is 2.31 bits per heavy atom. The van der Waals surface area contributed by atoms with Gasteiger partial charge in [-0.05, 0) is 62.2 Å². The number of halogens is 2. The summed E-state index contributed by atoms with van der Waals surface area (Å²) < 4.78 is 0. The van der Waals surface area contributed by atoms with Crippen LogP contribution in [0.25, 0.3) is 0 Å². The Balaban J connectivity index is 1.87. The molecule has 7 nitrogen and oxygen atoms in total. The summed E-state index contributed by atoms with van der Waals surface area (Å²) in [6.45, 7) is 5.21. The molecule has 0 unspecified atom stereocenters. The molecule has 0 fully saturated rings. The number of aryl methyl sites for hydroxylation is 2. The van der Waals surface area contributed by atoms with E-state index in [1.807, 2.05) is 13.8 Å². The van der Waals surface area contributed by atoms with Gasteiger partial charge in [0, 0.05) is 27.1 Å². The first kappa shape index (κ1) is 22.4.